The van der Waals surface area contributed by atoms with E-state index in [0.29, 0.717) is 34.7 Å². The van der Waals surface area contributed by atoms with Gasteiger partial charge in [-0.3, -0.25) is 14.4 Å². The van der Waals surface area contributed by atoms with Gasteiger partial charge in [0, 0.05) is 22.4 Å². The number of rotatable bonds is 10. The van der Waals surface area contributed by atoms with Crippen LogP contribution in [0.1, 0.15) is 44.3 Å². The molecule has 0 aliphatic heterocycles. The van der Waals surface area contributed by atoms with Gasteiger partial charge >= 0.3 is 0 Å². The van der Waals surface area contributed by atoms with E-state index in [1.807, 2.05) is 56.3 Å². The SMILES string of the molecule is CCOc1ccccc1/C=C(\NC(=O)c1ccccc1)C(=O)Nc1ccc(C(=O)/C=C/c2ccc(C)cc2)cc1. The summed E-state index contributed by atoms with van der Waals surface area (Å²) in [4.78, 5) is 38.9. The van der Waals surface area contributed by atoms with Crippen LogP contribution in [-0.2, 0) is 4.79 Å². The molecule has 0 aliphatic rings. The van der Waals surface area contributed by atoms with Gasteiger partial charge in [0.05, 0.1) is 6.61 Å². The Labute approximate surface area is 234 Å². The number of carbonyl (C=O) groups excluding carboxylic acids is 3. The number of nitrogens with one attached hydrogen (secondary N) is 2. The van der Waals surface area contributed by atoms with Crippen molar-refractivity contribution in [3.63, 3.8) is 0 Å². The fourth-order valence-corrected chi connectivity index (χ4v) is 3.85. The third-order valence-corrected chi connectivity index (χ3v) is 5.98. The van der Waals surface area contributed by atoms with Crippen molar-refractivity contribution in [3.05, 3.63) is 143 Å². The van der Waals surface area contributed by atoms with E-state index >= 15 is 0 Å². The lowest BCUT2D eigenvalue weighted by atomic mass is 10.1. The molecule has 200 valence electrons. The average Bonchev–Trinajstić information content (AvgIpc) is 2.98. The van der Waals surface area contributed by atoms with Gasteiger partial charge in [-0.1, -0.05) is 72.3 Å². The highest BCUT2D eigenvalue weighted by Gasteiger charge is 2.16. The van der Waals surface area contributed by atoms with Gasteiger partial charge in [-0.25, -0.2) is 0 Å². The van der Waals surface area contributed by atoms with Gasteiger partial charge in [-0.15, -0.1) is 0 Å². The number of carbonyl (C=O) groups is 3. The number of ketones is 1. The minimum Gasteiger partial charge on any atom is -0.493 e. The van der Waals surface area contributed by atoms with Gasteiger partial charge in [0.15, 0.2) is 5.78 Å². The van der Waals surface area contributed by atoms with E-state index < -0.39 is 11.8 Å². The van der Waals surface area contributed by atoms with Crippen LogP contribution in [0, 0.1) is 6.92 Å². The van der Waals surface area contributed by atoms with Crippen molar-refractivity contribution in [2.75, 3.05) is 11.9 Å². The van der Waals surface area contributed by atoms with Crippen LogP contribution >= 0.6 is 0 Å². The summed E-state index contributed by atoms with van der Waals surface area (Å²) in [5.74, 6) is -0.501. The third kappa shape index (κ3) is 7.65. The second kappa shape index (κ2) is 13.5. The summed E-state index contributed by atoms with van der Waals surface area (Å²) < 4.78 is 5.69. The van der Waals surface area contributed by atoms with Crippen molar-refractivity contribution in [3.8, 4) is 5.75 Å². The molecule has 0 radical (unpaired) electrons. The predicted molar refractivity (Wildman–Crippen MR) is 159 cm³/mol. The number of aryl methyl sites for hydroxylation is 1. The highest BCUT2D eigenvalue weighted by molar-refractivity contribution is 6.11. The third-order valence-electron chi connectivity index (χ3n) is 5.98. The van der Waals surface area contributed by atoms with Crippen molar-refractivity contribution in [1.29, 1.82) is 0 Å². The molecule has 6 heteroatoms. The highest BCUT2D eigenvalue weighted by atomic mass is 16.5. The summed E-state index contributed by atoms with van der Waals surface area (Å²) in [6.45, 7) is 4.33. The molecular weight excluding hydrogens is 500 g/mol. The normalized spacial score (nSPS) is 11.2. The molecule has 2 N–H and O–H groups in total. The van der Waals surface area contributed by atoms with E-state index in [9.17, 15) is 14.4 Å². The Kier molecular flexibility index (Phi) is 9.40. The fraction of sp³-hybridized carbons (Fsp3) is 0.0882. The van der Waals surface area contributed by atoms with Crippen molar-refractivity contribution in [2.24, 2.45) is 0 Å². The molecule has 0 fully saturated rings. The standard InChI is InChI=1S/C34H30N2O4/c1-3-40-32-12-8-7-11-28(32)23-30(36-33(38)27-9-5-4-6-10-27)34(39)35-29-20-18-26(19-21-29)31(37)22-17-25-15-13-24(2)14-16-25/h4-23H,3H2,1-2H3,(H,35,39)(H,36,38)/b22-17+,30-23-. The highest BCUT2D eigenvalue weighted by Crippen LogP contribution is 2.21. The number of amides is 2. The van der Waals surface area contributed by atoms with Gasteiger partial charge < -0.3 is 15.4 Å². The summed E-state index contributed by atoms with van der Waals surface area (Å²) in [7, 11) is 0. The number of hydrogen-bond donors (Lipinski definition) is 2. The van der Waals surface area contributed by atoms with Crippen LogP contribution in [0.15, 0.2) is 115 Å². The molecular formula is C34H30N2O4. The van der Waals surface area contributed by atoms with Crippen LogP contribution in [-0.4, -0.2) is 24.2 Å². The smallest absolute Gasteiger partial charge is 0.272 e. The first-order valence-electron chi connectivity index (χ1n) is 12.9. The van der Waals surface area contributed by atoms with E-state index in [1.54, 1.807) is 72.8 Å². The van der Waals surface area contributed by atoms with E-state index in [1.165, 1.54) is 6.08 Å². The quantitative estimate of drug-likeness (QED) is 0.177. The maximum Gasteiger partial charge on any atom is 0.272 e. The predicted octanol–water partition coefficient (Wildman–Crippen LogP) is 6.70. The summed E-state index contributed by atoms with van der Waals surface area (Å²) in [6, 6.07) is 30.4. The Balaban J connectivity index is 1.52. The summed E-state index contributed by atoms with van der Waals surface area (Å²) in [5, 5.41) is 5.54. The Morgan fingerprint density at radius 1 is 0.775 bits per heavy atom. The van der Waals surface area contributed by atoms with Crippen LogP contribution in [0.2, 0.25) is 0 Å². The van der Waals surface area contributed by atoms with E-state index in [0.717, 1.165) is 11.1 Å². The van der Waals surface area contributed by atoms with Crippen LogP contribution in [0.25, 0.3) is 12.2 Å². The maximum atomic E-state index is 13.3. The van der Waals surface area contributed by atoms with Gasteiger partial charge in [0.2, 0.25) is 0 Å². The number of ether oxygens (including phenoxy) is 1. The number of hydrogen-bond acceptors (Lipinski definition) is 4. The zero-order valence-corrected chi connectivity index (χ0v) is 22.4. The lowest BCUT2D eigenvalue weighted by Gasteiger charge is -2.13. The van der Waals surface area contributed by atoms with Crippen molar-refractivity contribution >= 4 is 35.4 Å². The molecule has 0 saturated carbocycles. The summed E-state index contributed by atoms with van der Waals surface area (Å²) in [6.07, 6.45) is 4.87. The minimum atomic E-state index is -0.520. The second-order valence-corrected chi connectivity index (χ2v) is 8.99. The van der Waals surface area contributed by atoms with Crippen molar-refractivity contribution in [1.82, 2.24) is 5.32 Å². The van der Waals surface area contributed by atoms with E-state index in [2.05, 4.69) is 10.6 Å². The fourth-order valence-electron chi connectivity index (χ4n) is 3.85. The van der Waals surface area contributed by atoms with Crippen LogP contribution in [0.3, 0.4) is 0 Å². The first-order valence-corrected chi connectivity index (χ1v) is 12.9. The molecule has 0 spiro atoms. The number of benzene rings is 4. The molecule has 0 heterocycles. The van der Waals surface area contributed by atoms with Crippen LogP contribution < -0.4 is 15.4 Å². The molecule has 2 amide bonds. The summed E-state index contributed by atoms with van der Waals surface area (Å²) in [5.41, 5.74) is 4.15. The molecule has 0 aromatic heterocycles. The molecule has 4 rings (SSSR count). The molecule has 40 heavy (non-hydrogen) atoms. The Bertz CT molecular complexity index is 1540. The topological polar surface area (TPSA) is 84.5 Å². The van der Waals surface area contributed by atoms with E-state index in [-0.39, 0.29) is 11.5 Å². The van der Waals surface area contributed by atoms with Gasteiger partial charge in [0.1, 0.15) is 11.4 Å². The lowest BCUT2D eigenvalue weighted by molar-refractivity contribution is -0.113. The van der Waals surface area contributed by atoms with Crippen molar-refractivity contribution in [2.45, 2.75) is 13.8 Å². The zero-order valence-electron chi connectivity index (χ0n) is 22.4. The molecule has 0 unspecified atom stereocenters. The summed E-state index contributed by atoms with van der Waals surface area (Å²) >= 11 is 0. The average molecular weight is 531 g/mol. The van der Waals surface area contributed by atoms with Crippen LogP contribution in [0.5, 0.6) is 5.75 Å². The monoisotopic (exact) mass is 530 g/mol. The molecule has 4 aromatic carbocycles. The number of anilines is 1. The molecule has 0 bridgehead atoms. The second-order valence-electron chi connectivity index (χ2n) is 8.99. The largest absolute Gasteiger partial charge is 0.493 e. The molecule has 6 nitrogen and oxygen atoms in total. The van der Waals surface area contributed by atoms with E-state index in [4.69, 9.17) is 4.74 Å². The minimum absolute atomic E-state index is 0.0437. The first kappa shape index (κ1) is 27.8. The van der Waals surface area contributed by atoms with Gasteiger partial charge in [0.25, 0.3) is 11.8 Å². The zero-order chi connectivity index (χ0) is 28.3. The Morgan fingerprint density at radius 3 is 2.15 bits per heavy atom. The van der Waals surface area contributed by atoms with Crippen molar-refractivity contribution < 1.29 is 19.1 Å². The first-order chi connectivity index (χ1) is 19.4. The Hall–Kier alpha value is -5.23. The van der Waals surface area contributed by atoms with Crippen LogP contribution in [0.4, 0.5) is 5.69 Å². The maximum absolute atomic E-state index is 13.3. The van der Waals surface area contributed by atoms with Gasteiger partial charge in [-0.2, -0.15) is 0 Å². The number of allylic oxidation sites excluding steroid dienone is 1. The molecule has 4 aromatic rings. The Morgan fingerprint density at radius 2 is 1.45 bits per heavy atom. The van der Waals surface area contributed by atoms with Gasteiger partial charge in [-0.05, 0) is 74.0 Å². The molecule has 0 saturated heterocycles. The molecule has 0 aliphatic carbocycles. The molecule has 0 atom stereocenters. The number of para-hydroxylation sites is 1. The lowest BCUT2D eigenvalue weighted by Crippen LogP contribution is -2.30.